The van der Waals surface area contributed by atoms with Crippen molar-refractivity contribution in [3.63, 3.8) is 0 Å². The van der Waals surface area contributed by atoms with Crippen LogP contribution in [0.25, 0.3) is 77.2 Å². The largest absolute Gasteiger partial charge is 0.309 e. The van der Waals surface area contributed by atoms with Crippen molar-refractivity contribution < 1.29 is 0 Å². The average molecular weight is 921 g/mol. The van der Waals surface area contributed by atoms with Crippen molar-refractivity contribution in [2.24, 2.45) is 0 Å². The van der Waals surface area contributed by atoms with Crippen molar-refractivity contribution in [1.29, 1.82) is 0 Å². The Kier molecular flexibility index (Phi) is 11.8. The summed E-state index contributed by atoms with van der Waals surface area (Å²) in [6, 6.07) is 101. The Morgan fingerprint density at radius 1 is 0.208 bits per heavy atom. The Hall–Kier alpha value is -9.24. The molecule has 0 spiro atoms. The predicted octanol–water partition coefficient (Wildman–Crippen LogP) is 19.9. The second-order valence-electron chi connectivity index (χ2n) is 18.6. The summed E-state index contributed by atoms with van der Waals surface area (Å²) in [5.74, 6) is 0. The SMILES string of the molecule is Cc1cc(-c2ccc(N(c3ccccc3-c3ccc(-c4ccccc4)cc3)c3cccc4ccccc34)c(C)c2)ccc1N(c1ccccc1-c1ccc(-c2ccccc2)cc1)c1cccc2ccccc12. The molecule has 0 heterocycles. The van der Waals surface area contributed by atoms with E-state index in [9.17, 15) is 0 Å². The lowest BCUT2D eigenvalue weighted by Gasteiger charge is -2.31. The van der Waals surface area contributed by atoms with Crippen LogP contribution in [0.4, 0.5) is 34.1 Å². The van der Waals surface area contributed by atoms with Gasteiger partial charge in [-0.3, -0.25) is 0 Å². The number of hydrogen-bond donors (Lipinski definition) is 0. The summed E-state index contributed by atoms with van der Waals surface area (Å²) in [4.78, 5) is 4.93. The highest BCUT2D eigenvalue weighted by molar-refractivity contribution is 6.03. The topological polar surface area (TPSA) is 6.48 Å². The maximum absolute atomic E-state index is 2.46. The van der Waals surface area contributed by atoms with Crippen molar-refractivity contribution in [2.75, 3.05) is 9.80 Å². The summed E-state index contributed by atoms with van der Waals surface area (Å²) >= 11 is 0. The highest BCUT2D eigenvalue weighted by Gasteiger charge is 2.23. The normalized spacial score (nSPS) is 11.2. The fraction of sp³-hybridized carbons (Fsp3) is 0.0286. The molecule has 0 bridgehead atoms. The molecule has 0 saturated carbocycles. The first-order valence-electron chi connectivity index (χ1n) is 24.8. The summed E-state index contributed by atoms with van der Waals surface area (Å²) in [5.41, 5.74) is 21.0. The van der Waals surface area contributed by atoms with E-state index in [1.165, 1.54) is 88.3 Å². The van der Waals surface area contributed by atoms with Gasteiger partial charge in [-0.05, 0) is 129 Å². The molecule has 2 nitrogen and oxygen atoms in total. The maximum atomic E-state index is 2.46. The molecule has 12 aromatic rings. The fourth-order valence-electron chi connectivity index (χ4n) is 10.5. The van der Waals surface area contributed by atoms with Gasteiger partial charge < -0.3 is 9.80 Å². The molecule has 0 aliphatic carbocycles. The van der Waals surface area contributed by atoms with Crippen LogP contribution >= 0.6 is 0 Å². The summed E-state index contributed by atoms with van der Waals surface area (Å²) in [5, 5.41) is 4.81. The smallest absolute Gasteiger partial charge is 0.0540 e. The Bertz CT molecular complexity index is 3610. The van der Waals surface area contributed by atoms with E-state index in [0.29, 0.717) is 0 Å². The zero-order chi connectivity index (χ0) is 48.4. The van der Waals surface area contributed by atoms with Crippen LogP contribution in [0, 0.1) is 13.8 Å². The molecule has 342 valence electrons. The highest BCUT2D eigenvalue weighted by atomic mass is 15.2. The third kappa shape index (κ3) is 8.40. The van der Waals surface area contributed by atoms with Crippen LogP contribution in [0.5, 0.6) is 0 Å². The molecule has 0 aliphatic heterocycles. The number of nitrogens with zero attached hydrogens (tertiary/aromatic N) is 2. The highest BCUT2D eigenvalue weighted by Crippen LogP contribution is 2.48. The first kappa shape index (κ1) is 44.0. The molecular formula is C70H52N2. The minimum Gasteiger partial charge on any atom is -0.309 e. The van der Waals surface area contributed by atoms with Crippen molar-refractivity contribution in [3.8, 4) is 55.6 Å². The number of hydrogen-bond acceptors (Lipinski definition) is 2. The summed E-state index contributed by atoms with van der Waals surface area (Å²) < 4.78 is 0. The van der Waals surface area contributed by atoms with E-state index in [-0.39, 0.29) is 0 Å². The van der Waals surface area contributed by atoms with Crippen molar-refractivity contribution in [1.82, 2.24) is 0 Å². The second kappa shape index (κ2) is 19.3. The van der Waals surface area contributed by atoms with Crippen LogP contribution in [-0.4, -0.2) is 0 Å². The van der Waals surface area contributed by atoms with E-state index in [1.807, 2.05) is 0 Å². The second-order valence-corrected chi connectivity index (χ2v) is 18.6. The Morgan fingerprint density at radius 2 is 0.514 bits per heavy atom. The van der Waals surface area contributed by atoms with Gasteiger partial charge in [0.15, 0.2) is 0 Å². The molecule has 0 aromatic heterocycles. The standard InChI is InChI=1S/C70H52N2/c1-49-47-59(43-45-65(49)71(69-33-17-25-55-23-9-11-27-61(55)69)67-31-15-13-29-63(67)57-39-35-53(36-40-57)51-19-5-3-6-20-51)60-44-46-66(50(2)48-60)72(70-34-18-26-56-24-10-12-28-62(56)70)68-32-16-14-30-64(68)58-41-37-54(38-42-58)52-21-7-4-8-22-52/h3-48H,1-2H3. The monoisotopic (exact) mass is 920 g/mol. The average Bonchev–Trinajstić information content (AvgIpc) is 3.45. The van der Waals surface area contributed by atoms with E-state index >= 15 is 0 Å². The van der Waals surface area contributed by atoms with E-state index < -0.39 is 0 Å². The first-order chi connectivity index (χ1) is 35.6. The van der Waals surface area contributed by atoms with Crippen LogP contribution in [-0.2, 0) is 0 Å². The quantitative estimate of drug-likeness (QED) is 0.128. The van der Waals surface area contributed by atoms with Gasteiger partial charge in [0.1, 0.15) is 0 Å². The summed E-state index contributed by atoms with van der Waals surface area (Å²) in [6.45, 7) is 4.50. The molecule has 2 heteroatoms. The molecule has 72 heavy (non-hydrogen) atoms. The molecule has 0 N–H and O–H groups in total. The van der Waals surface area contributed by atoms with Gasteiger partial charge in [0.2, 0.25) is 0 Å². The third-order valence-corrected chi connectivity index (χ3v) is 14.1. The first-order valence-corrected chi connectivity index (χ1v) is 24.8. The van der Waals surface area contributed by atoms with Gasteiger partial charge in [0.05, 0.1) is 22.7 Å². The summed E-state index contributed by atoms with van der Waals surface area (Å²) in [7, 11) is 0. The maximum Gasteiger partial charge on any atom is 0.0540 e. The van der Waals surface area contributed by atoms with Crippen molar-refractivity contribution in [2.45, 2.75) is 13.8 Å². The molecule has 12 rings (SSSR count). The van der Waals surface area contributed by atoms with Crippen molar-refractivity contribution in [3.05, 3.63) is 290 Å². The molecule has 0 aliphatic rings. The van der Waals surface area contributed by atoms with E-state index in [1.54, 1.807) is 0 Å². The molecule has 0 fully saturated rings. The van der Waals surface area contributed by atoms with Gasteiger partial charge in [-0.25, -0.2) is 0 Å². The molecule has 0 radical (unpaired) electrons. The van der Waals surface area contributed by atoms with Gasteiger partial charge in [0.25, 0.3) is 0 Å². The number of anilines is 6. The minimum absolute atomic E-state index is 1.12. The van der Waals surface area contributed by atoms with Gasteiger partial charge in [-0.1, -0.05) is 231 Å². The predicted molar refractivity (Wildman–Crippen MR) is 307 cm³/mol. The zero-order valence-corrected chi connectivity index (χ0v) is 40.5. The van der Waals surface area contributed by atoms with Gasteiger partial charge in [0, 0.05) is 33.3 Å². The zero-order valence-electron chi connectivity index (χ0n) is 40.5. The van der Waals surface area contributed by atoms with Crippen LogP contribution in [0.15, 0.2) is 279 Å². The molecule has 12 aromatic carbocycles. The third-order valence-electron chi connectivity index (χ3n) is 14.1. The molecule has 0 unspecified atom stereocenters. The van der Waals surface area contributed by atoms with E-state index in [4.69, 9.17) is 0 Å². The van der Waals surface area contributed by atoms with Crippen LogP contribution < -0.4 is 9.80 Å². The minimum atomic E-state index is 1.12. The van der Waals surface area contributed by atoms with E-state index in [0.717, 1.165) is 34.1 Å². The number of aryl methyl sites for hydroxylation is 2. The molecular weight excluding hydrogens is 869 g/mol. The molecule has 0 atom stereocenters. The number of fused-ring (bicyclic) bond motifs is 2. The number of para-hydroxylation sites is 2. The Balaban J connectivity index is 0.949. The van der Waals surface area contributed by atoms with Gasteiger partial charge >= 0.3 is 0 Å². The molecule has 0 saturated heterocycles. The fourth-order valence-corrected chi connectivity index (χ4v) is 10.5. The van der Waals surface area contributed by atoms with Gasteiger partial charge in [-0.2, -0.15) is 0 Å². The van der Waals surface area contributed by atoms with E-state index in [2.05, 4.69) is 303 Å². The van der Waals surface area contributed by atoms with Crippen molar-refractivity contribution >= 4 is 55.7 Å². The molecule has 0 amide bonds. The van der Waals surface area contributed by atoms with Crippen LogP contribution in [0.2, 0.25) is 0 Å². The van der Waals surface area contributed by atoms with Crippen LogP contribution in [0.3, 0.4) is 0 Å². The Labute approximate surface area is 423 Å². The lowest BCUT2D eigenvalue weighted by molar-refractivity contribution is 1.25. The number of rotatable bonds is 11. The summed E-state index contributed by atoms with van der Waals surface area (Å²) in [6.07, 6.45) is 0. The van der Waals surface area contributed by atoms with Crippen LogP contribution in [0.1, 0.15) is 11.1 Å². The Morgan fingerprint density at radius 3 is 0.931 bits per heavy atom. The lowest BCUT2D eigenvalue weighted by Crippen LogP contribution is -2.13. The number of benzene rings is 12. The van der Waals surface area contributed by atoms with Gasteiger partial charge in [-0.15, -0.1) is 0 Å². The lowest BCUT2D eigenvalue weighted by atomic mass is 9.95.